The normalized spacial score (nSPS) is 15.3. The molecule has 1 aliphatic heterocycles. The Morgan fingerprint density at radius 1 is 0.950 bits per heavy atom. The summed E-state index contributed by atoms with van der Waals surface area (Å²) >= 11 is 7.58. The molecule has 40 heavy (non-hydrogen) atoms. The first-order valence-electron chi connectivity index (χ1n) is 13.5. The number of para-hydroxylation sites is 1. The Morgan fingerprint density at radius 3 is 2.40 bits per heavy atom. The first-order chi connectivity index (χ1) is 19.4. The second-order valence-corrected chi connectivity index (χ2v) is 11.4. The van der Waals surface area contributed by atoms with Gasteiger partial charge in [-0.3, -0.25) is 14.2 Å². The Hall–Kier alpha value is -3.62. The van der Waals surface area contributed by atoms with E-state index in [9.17, 15) is 9.59 Å². The fourth-order valence-electron chi connectivity index (χ4n) is 4.96. The van der Waals surface area contributed by atoms with E-state index in [0.29, 0.717) is 36.6 Å². The molecule has 1 fully saturated rings. The fourth-order valence-corrected chi connectivity index (χ4v) is 5.97. The van der Waals surface area contributed by atoms with Crippen LogP contribution in [0.4, 0.5) is 0 Å². The van der Waals surface area contributed by atoms with Crippen LogP contribution in [0.25, 0.3) is 17.1 Å². The number of hydrogen-bond acceptors (Lipinski definition) is 5. The second kappa shape index (κ2) is 12.7. The molecule has 0 unspecified atom stereocenters. The average molecular weight is 574 g/mol. The molecule has 0 spiro atoms. The highest BCUT2D eigenvalue weighted by atomic mass is 35.5. The predicted octanol–water partition coefficient (Wildman–Crippen LogP) is 6.14. The maximum Gasteiger partial charge on any atom is 0.254 e. The molecule has 9 heteroatoms. The van der Waals surface area contributed by atoms with Crippen molar-refractivity contribution in [3.63, 3.8) is 0 Å². The summed E-state index contributed by atoms with van der Waals surface area (Å²) in [6.45, 7) is 5.67. The van der Waals surface area contributed by atoms with Crippen LogP contribution in [0.1, 0.15) is 35.7 Å². The SMILES string of the molecule is Cc1ccccc1-n1c(SCCCC(=O)N2CCN(C(=O)c3ccc(Cl)cc3)[C@@H](C)C2)nnc1-c1ccccc1. The van der Waals surface area contributed by atoms with Crippen molar-refractivity contribution in [3.05, 3.63) is 95.0 Å². The van der Waals surface area contributed by atoms with Gasteiger partial charge in [0.15, 0.2) is 11.0 Å². The Labute approximate surface area is 244 Å². The summed E-state index contributed by atoms with van der Waals surface area (Å²) in [5, 5.41) is 10.5. The van der Waals surface area contributed by atoms with Crippen LogP contribution in [0.3, 0.4) is 0 Å². The molecule has 0 saturated carbocycles. The van der Waals surface area contributed by atoms with Gasteiger partial charge in [0.25, 0.3) is 5.91 Å². The van der Waals surface area contributed by atoms with Gasteiger partial charge in [-0.2, -0.15) is 0 Å². The zero-order valence-corrected chi connectivity index (χ0v) is 24.2. The lowest BCUT2D eigenvalue weighted by atomic mass is 10.1. The molecule has 206 valence electrons. The number of aryl methyl sites for hydroxylation is 1. The standard InChI is InChI=1S/C31H32ClN5O2S/c1-22-9-6-7-12-27(22)37-29(24-10-4-3-5-11-24)33-34-31(37)40-20-8-13-28(38)35-18-19-36(23(2)21-35)30(39)25-14-16-26(32)17-15-25/h3-7,9-12,14-17,23H,8,13,18-21H2,1-2H3/t23-/m0/s1. The van der Waals surface area contributed by atoms with Gasteiger partial charge in [0.05, 0.1) is 5.69 Å². The lowest BCUT2D eigenvalue weighted by Gasteiger charge is -2.40. The van der Waals surface area contributed by atoms with E-state index in [-0.39, 0.29) is 17.9 Å². The minimum absolute atomic E-state index is 0.0275. The highest BCUT2D eigenvalue weighted by Crippen LogP contribution is 2.30. The van der Waals surface area contributed by atoms with Gasteiger partial charge < -0.3 is 9.80 Å². The minimum Gasteiger partial charge on any atom is -0.339 e. The number of hydrogen-bond donors (Lipinski definition) is 0. The lowest BCUT2D eigenvalue weighted by Crippen LogP contribution is -2.55. The number of amides is 2. The van der Waals surface area contributed by atoms with Crippen LogP contribution in [0.5, 0.6) is 0 Å². The van der Waals surface area contributed by atoms with E-state index in [1.807, 2.05) is 59.2 Å². The number of rotatable bonds is 8. The van der Waals surface area contributed by atoms with E-state index in [2.05, 4.69) is 33.8 Å². The summed E-state index contributed by atoms with van der Waals surface area (Å²) in [6, 6.07) is 25.2. The van der Waals surface area contributed by atoms with Crippen LogP contribution < -0.4 is 0 Å². The fraction of sp³-hybridized carbons (Fsp3) is 0.290. The lowest BCUT2D eigenvalue weighted by molar-refractivity contribution is -0.133. The van der Waals surface area contributed by atoms with Gasteiger partial charge >= 0.3 is 0 Å². The second-order valence-electron chi connectivity index (χ2n) is 9.94. The van der Waals surface area contributed by atoms with E-state index < -0.39 is 0 Å². The highest BCUT2D eigenvalue weighted by Gasteiger charge is 2.30. The molecule has 3 aromatic carbocycles. The molecule has 0 N–H and O–H groups in total. The van der Waals surface area contributed by atoms with Gasteiger partial charge in [-0.1, -0.05) is 71.9 Å². The number of carbonyl (C=O) groups excluding carboxylic acids is 2. The maximum absolute atomic E-state index is 13.0. The van der Waals surface area contributed by atoms with E-state index in [1.54, 1.807) is 36.0 Å². The van der Waals surface area contributed by atoms with Gasteiger partial charge in [-0.15, -0.1) is 10.2 Å². The van der Waals surface area contributed by atoms with E-state index in [4.69, 9.17) is 11.6 Å². The summed E-state index contributed by atoms with van der Waals surface area (Å²) in [5.74, 6) is 1.64. The molecule has 1 atom stereocenters. The summed E-state index contributed by atoms with van der Waals surface area (Å²) in [4.78, 5) is 29.7. The Balaban J connectivity index is 1.18. The van der Waals surface area contributed by atoms with Gasteiger partial charge in [-0.25, -0.2) is 0 Å². The van der Waals surface area contributed by atoms with Crippen LogP contribution in [0, 0.1) is 6.92 Å². The molecule has 0 radical (unpaired) electrons. The quantitative estimate of drug-likeness (QED) is 0.187. The van der Waals surface area contributed by atoms with Crippen molar-refractivity contribution >= 4 is 35.2 Å². The Bertz CT molecular complexity index is 1470. The Morgan fingerprint density at radius 2 is 1.68 bits per heavy atom. The van der Waals surface area contributed by atoms with Crippen LogP contribution in [-0.4, -0.2) is 67.8 Å². The Kier molecular flexibility index (Phi) is 8.87. The van der Waals surface area contributed by atoms with Crippen molar-refractivity contribution < 1.29 is 9.59 Å². The molecule has 4 aromatic rings. The molecule has 5 rings (SSSR count). The maximum atomic E-state index is 13.0. The zero-order valence-electron chi connectivity index (χ0n) is 22.7. The number of nitrogens with zero attached hydrogens (tertiary/aromatic N) is 5. The number of benzene rings is 3. The van der Waals surface area contributed by atoms with E-state index >= 15 is 0 Å². The molecule has 1 saturated heterocycles. The monoisotopic (exact) mass is 573 g/mol. The van der Waals surface area contributed by atoms with Crippen molar-refractivity contribution in [2.45, 2.75) is 37.9 Å². The first kappa shape index (κ1) is 27.9. The number of aromatic nitrogens is 3. The number of piperazine rings is 1. The molecule has 0 bridgehead atoms. The highest BCUT2D eigenvalue weighted by molar-refractivity contribution is 7.99. The minimum atomic E-state index is -0.0562. The van der Waals surface area contributed by atoms with E-state index in [1.165, 1.54) is 0 Å². The number of halogens is 1. The zero-order chi connectivity index (χ0) is 28.1. The number of thioether (sulfide) groups is 1. The molecular formula is C31H32ClN5O2S. The molecule has 1 aliphatic rings. The largest absolute Gasteiger partial charge is 0.339 e. The average Bonchev–Trinajstić information content (AvgIpc) is 3.39. The van der Waals surface area contributed by atoms with Crippen molar-refractivity contribution in [3.8, 4) is 17.1 Å². The van der Waals surface area contributed by atoms with Crippen molar-refractivity contribution in [2.75, 3.05) is 25.4 Å². The smallest absolute Gasteiger partial charge is 0.254 e. The summed E-state index contributed by atoms with van der Waals surface area (Å²) in [6.07, 6.45) is 1.18. The van der Waals surface area contributed by atoms with Gasteiger partial charge in [-0.05, 0) is 56.2 Å². The van der Waals surface area contributed by atoms with Crippen molar-refractivity contribution in [1.82, 2.24) is 24.6 Å². The predicted molar refractivity (Wildman–Crippen MR) is 160 cm³/mol. The van der Waals surface area contributed by atoms with Gasteiger partial charge in [0, 0.05) is 54.0 Å². The van der Waals surface area contributed by atoms with Crippen LogP contribution in [0.2, 0.25) is 5.02 Å². The van der Waals surface area contributed by atoms with E-state index in [0.717, 1.165) is 40.0 Å². The summed E-state index contributed by atoms with van der Waals surface area (Å²) in [7, 11) is 0. The summed E-state index contributed by atoms with van der Waals surface area (Å²) < 4.78 is 2.11. The van der Waals surface area contributed by atoms with Crippen molar-refractivity contribution in [1.29, 1.82) is 0 Å². The third kappa shape index (κ3) is 6.24. The number of carbonyl (C=O) groups is 2. The summed E-state index contributed by atoms with van der Waals surface area (Å²) in [5.41, 5.74) is 3.80. The molecule has 7 nitrogen and oxygen atoms in total. The van der Waals surface area contributed by atoms with Crippen molar-refractivity contribution in [2.24, 2.45) is 0 Å². The van der Waals surface area contributed by atoms with Crippen LogP contribution >= 0.6 is 23.4 Å². The molecule has 2 amide bonds. The molecular weight excluding hydrogens is 542 g/mol. The van der Waals surface area contributed by atoms with Gasteiger partial charge in [0.2, 0.25) is 5.91 Å². The molecule has 2 heterocycles. The van der Waals surface area contributed by atoms with Gasteiger partial charge in [0.1, 0.15) is 0 Å². The molecule has 1 aromatic heterocycles. The molecule has 0 aliphatic carbocycles. The third-order valence-corrected chi connectivity index (χ3v) is 8.39. The van der Waals surface area contributed by atoms with Crippen LogP contribution in [-0.2, 0) is 4.79 Å². The van der Waals surface area contributed by atoms with Crippen LogP contribution in [0.15, 0.2) is 84.0 Å². The third-order valence-electron chi connectivity index (χ3n) is 7.12. The topological polar surface area (TPSA) is 71.3 Å². The first-order valence-corrected chi connectivity index (χ1v) is 14.8.